The van der Waals surface area contributed by atoms with Gasteiger partial charge in [0.1, 0.15) is 16.8 Å². The number of ether oxygens (including phenoxy) is 1. The number of fused-ring (bicyclic) bond motifs is 1. The average molecular weight is 410 g/mol. The first-order chi connectivity index (χ1) is 14.2. The summed E-state index contributed by atoms with van der Waals surface area (Å²) in [6.07, 6.45) is 7.63. The minimum atomic E-state index is -0.0293. The third-order valence-electron chi connectivity index (χ3n) is 6.00. The zero-order valence-electron chi connectivity index (χ0n) is 16.9. The van der Waals surface area contributed by atoms with E-state index >= 15 is 0 Å². The van der Waals surface area contributed by atoms with Crippen LogP contribution in [-0.4, -0.2) is 31.0 Å². The van der Waals surface area contributed by atoms with Crippen LogP contribution < -0.4 is 10.1 Å². The highest BCUT2D eigenvalue weighted by atomic mass is 32.1. The Bertz CT molecular complexity index is 913. The number of aryl methyl sites for hydroxylation is 1. The molecule has 2 aliphatic rings. The van der Waals surface area contributed by atoms with E-state index in [4.69, 9.17) is 4.74 Å². The van der Waals surface area contributed by atoms with Crippen molar-refractivity contribution in [3.05, 3.63) is 45.8 Å². The van der Waals surface area contributed by atoms with Crippen LogP contribution in [0.4, 0.5) is 5.00 Å². The number of nitrogens with zero attached hydrogens (tertiary/aromatic N) is 2. The molecule has 1 aliphatic carbocycles. The van der Waals surface area contributed by atoms with E-state index in [0.29, 0.717) is 12.1 Å². The summed E-state index contributed by atoms with van der Waals surface area (Å²) in [4.78, 5) is 16.3. The summed E-state index contributed by atoms with van der Waals surface area (Å²) in [5.74, 6) is 0.816. The first-order valence-corrected chi connectivity index (χ1v) is 11.2. The van der Waals surface area contributed by atoms with Crippen LogP contribution in [0.5, 0.6) is 5.75 Å². The SMILES string of the molecule is COc1ccc(C2CCCN2CC(=O)Nc2sc3c(c2C#N)CCCCC3)cc1. The lowest BCUT2D eigenvalue weighted by molar-refractivity contribution is -0.117. The molecule has 1 aliphatic heterocycles. The normalized spacial score (nSPS) is 19.2. The largest absolute Gasteiger partial charge is 0.497 e. The predicted octanol–water partition coefficient (Wildman–Crippen LogP) is 4.67. The maximum atomic E-state index is 12.8. The number of benzene rings is 1. The van der Waals surface area contributed by atoms with Gasteiger partial charge < -0.3 is 10.1 Å². The van der Waals surface area contributed by atoms with E-state index in [1.807, 2.05) is 12.1 Å². The molecule has 5 nitrogen and oxygen atoms in total. The van der Waals surface area contributed by atoms with Gasteiger partial charge in [-0.15, -0.1) is 11.3 Å². The highest BCUT2D eigenvalue weighted by Gasteiger charge is 2.28. The number of carbonyl (C=O) groups is 1. The minimum absolute atomic E-state index is 0.0293. The number of methoxy groups -OCH3 is 1. The van der Waals surface area contributed by atoms with Crippen LogP contribution in [0.3, 0.4) is 0 Å². The van der Waals surface area contributed by atoms with Crippen LogP contribution in [0.2, 0.25) is 0 Å². The lowest BCUT2D eigenvalue weighted by atomic mass is 10.0. The Morgan fingerprint density at radius 2 is 2.03 bits per heavy atom. The van der Waals surface area contributed by atoms with E-state index in [-0.39, 0.29) is 11.9 Å². The standard InChI is InChI=1S/C23H27N3O2S/c1-28-17-11-9-16(10-12-17)20-7-5-13-26(20)15-22(27)25-23-19(14-24)18-6-3-2-4-8-21(18)29-23/h9-12,20H,2-8,13,15H2,1H3,(H,25,27). The van der Waals surface area contributed by atoms with Crippen LogP contribution in [0.1, 0.15) is 59.7 Å². The number of thiophene rings is 1. The minimum Gasteiger partial charge on any atom is -0.497 e. The lowest BCUT2D eigenvalue weighted by Gasteiger charge is -2.24. The molecule has 1 aromatic heterocycles. The zero-order chi connectivity index (χ0) is 20.2. The predicted molar refractivity (Wildman–Crippen MR) is 115 cm³/mol. The number of hydrogen-bond donors (Lipinski definition) is 1. The van der Waals surface area contributed by atoms with Gasteiger partial charge in [-0.05, 0) is 68.3 Å². The first-order valence-electron chi connectivity index (χ1n) is 10.4. The molecule has 0 spiro atoms. The Labute approximate surface area is 176 Å². The van der Waals surface area contributed by atoms with Crippen molar-refractivity contribution in [3.8, 4) is 11.8 Å². The molecule has 0 radical (unpaired) electrons. The Morgan fingerprint density at radius 3 is 2.79 bits per heavy atom. The number of rotatable bonds is 5. The summed E-state index contributed by atoms with van der Waals surface area (Å²) in [7, 11) is 1.67. The maximum absolute atomic E-state index is 12.8. The molecule has 29 heavy (non-hydrogen) atoms. The molecule has 0 saturated carbocycles. The molecule has 1 fully saturated rings. The van der Waals surface area contributed by atoms with Crippen LogP contribution in [0.25, 0.3) is 0 Å². The fourth-order valence-corrected chi connectivity index (χ4v) is 5.77. The van der Waals surface area contributed by atoms with E-state index in [2.05, 4.69) is 28.4 Å². The number of hydrogen-bond acceptors (Lipinski definition) is 5. The lowest BCUT2D eigenvalue weighted by Crippen LogP contribution is -2.32. The Morgan fingerprint density at radius 1 is 1.24 bits per heavy atom. The molecule has 1 N–H and O–H groups in total. The van der Waals surface area contributed by atoms with Crippen molar-refractivity contribution < 1.29 is 9.53 Å². The smallest absolute Gasteiger partial charge is 0.239 e. The van der Waals surface area contributed by atoms with Gasteiger partial charge in [-0.25, -0.2) is 0 Å². The number of nitrogens with one attached hydrogen (secondary N) is 1. The molecular formula is C23H27N3O2S. The molecule has 1 unspecified atom stereocenters. The summed E-state index contributed by atoms with van der Waals surface area (Å²) >= 11 is 1.60. The van der Waals surface area contributed by atoms with Crippen molar-refractivity contribution in [1.29, 1.82) is 5.26 Å². The van der Waals surface area contributed by atoms with Gasteiger partial charge in [0, 0.05) is 10.9 Å². The second-order valence-corrected chi connectivity index (χ2v) is 8.94. The molecule has 1 atom stereocenters. The Balaban J connectivity index is 1.45. The van der Waals surface area contributed by atoms with E-state index in [1.165, 1.54) is 28.8 Å². The number of anilines is 1. The average Bonchev–Trinajstić information content (AvgIpc) is 3.24. The molecule has 1 saturated heterocycles. The van der Waals surface area contributed by atoms with Gasteiger partial charge in [0.2, 0.25) is 5.91 Å². The highest BCUT2D eigenvalue weighted by Crippen LogP contribution is 2.37. The van der Waals surface area contributed by atoms with Gasteiger partial charge in [-0.2, -0.15) is 5.26 Å². The topological polar surface area (TPSA) is 65.4 Å². The molecular weight excluding hydrogens is 382 g/mol. The summed E-state index contributed by atoms with van der Waals surface area (Å²) in [5.41, 5.74) is 3.08. The van der Waals surface area contributed by atoms with Gasteiger partial charge in [-0.3, -0.25) is 9.69 Å². The zero-order valence-corrected chi connectivity index (χ0v) is 17.7. The second-order valence-electron chi connectivity index (χ2n) is 7.83. The van der Waals surface area contributed by atoms with Crippen molar-refractivity contribution in [2.24, 2.45) is 0 Å². The van der Waals surface area contributed by atoms with Crippen LogP contribution in [0, 0.1) is 11.3 Å². The Hall–Kier alpha value is -2.36. The molecule has 2 aromatic rings. The third kappa shape index (κ3) is 4.31. The van der Waals surface area contributed by atoms with Crippen LogP contribution in [-0.2, 0) is 17.6 Å². The highest BCUT2D eigenvalue weighted by molar-refractivity contribution is 7.16. The monoisotopic (exact) mass is 409 g/mol. The second kappa shape index (κ2) is 8.98. The summed E-state index contributed by atoms with van der Waals surface area (Å²) < 4.78 is 5.25. The fraction of sp³-hybridized carbons (Fsp3) is 0.478. The van der Waals surface area contributed by atoms with Crippen LogP contribution >= 0.6 is 11.3 Å². The van der Waals surface area contributed by atoms with Gasteiger partial charge in [0.25, 0.3) is 0 Å². The van der Waals surface area contributed by atoms with Crippen molar-refractivity contribution in [2.75, 3.05) is 25.5 Å². The first kappa shape index (κ1) is 19.9. The van der Waals surface area contributed by atoms with Crippen molar-refractivity contribution in [1.82, 2.24) is 4.90 Å². The number of carbonyl (C=O) groups excluding carboxylic acids is 1. The van der Waals surface area contributed by atoms with Crippen molar-refractivity contribution >= 4 is 22.2 Å². The van der Waals surface area contributed by atoms with Gasteiger partial charge >= 0.3 is 0 Å². The van der Waals surface area contributed by atoms with E-state index in [9.17, 15) is 10.1 Å². The molecule has 1 aromatic carbocycles. The number of nitriles is 1. The van der Waals surface area contributed by atoms with Crippen molar-refractivity contribution in [2.45, 2.75) is 51.0 Å². The molecule has 0 bridgehead atoms. The Kier molecular flexibility index (Phi) is 6.17. The van der Waals surface area contributed by atoms with E-state index in [1.54, 1.807) is 18.4 Å². The van der Waals surface area contributed by atoms with Gasteiger partial charge in [0.05, 0.1) is 19.2 Å². The molecule has 2 heterocycles. The van der Waals surface area contributed by atoms with Gasteiger partial charge in [-0.1, -0.05) is 18.6 Å². The summed E-state index contributed by atoms with van der Waals surface area (Å²) in [5, 5.41) is 13.5. The number of amides is 1. The molecule has 152 valence electrons. The third-order valence-corrected chi connectivity index (χ3v) is 7.20. The summed E-state index contributed by atoms with van der Waals surface area (Å²) in [6.45, 7) is 1.26. The molecule has 6 heteroatoms. The fourth-order valence-electron chi connectivity index (χ4n) is 4.52. The summed E-state index contributed by atoms with van der Waals surface area (Å²) in [6, 6.07) is 10.7. The maximum Gasteiger partial charge on any atom is 0.239 e. The van der Waals surface area contributed by atoms with E-state index in [0.717, 1.165) is 49.4 Å². The number of likely N-dealkylation sites (tertiary alicyclic amines) is 1. The quantitative estimate of drug-likeness (QED) is 0.729. The molecule has 1 amide bonds. The van der Waals surface area contributed by atoms with Crippen molar-refractivity contribution in [3.63, 3.8) is 0 Å². The molecule has 4 rings (SSSR count). The van der Waals surface area contributed by atoms with E-state index < -0.39 is 0 Å². The van der Waals surface area contributed by atoms with Gasteiger partial charge in [0.15, 0.2) is 0 Å². The van der Waals surface area contributed by atoms with Crippen LogP contribution in [0.15, 0.2) is 24.3 Å².